The minimum atomic E-state index is -0.465. The number of rotatable bonds is 3. The fourth-order valence-corrected chi connectivity index (χ4v) is 2.47. The van der Waals surface area contributed by atoms with E-state index >= 15 is 0 Å². The normalized spacial score (nSPS) is 16.3. The molecule has 108 valence electrons. The van der Waals surface area contributed by atoms with Crippen molar-refractivity contribution in [3.63, 3.8) is 0 Å². The first-order valence-corrected chi connectivity index (χ1v) is 6.63. The van der Waals surface area contributed by atoms with E-state index in [1.807, 2.05) is 25.1 Å². The number of anilines is 2. The number of nitrogens with one attached hydrogen (secondary N) is 2. The van der Waals surface area contributed by atoms with Gasteiger partial charge in [-0.05, 0) is 25.1 Å². The molecule has 3 N–H and O–H groups in total. The van der Waals surface area contributed by atoms with Crippen molar-refractivity contribution in [1.82, 2.24) is 0 Å². The van der Waals surface area contributed by atoms with Crippen LogP contribution >= 0.6 is 0 Å². The molecule has 1 amide bonds. The van der Waals surface area contributed by atoms with Gasteiger partial charge in [0, 0.05) is 23.0 Å². The van der Waals surface area contributed by atoms with Crippen molar-refractivity contribution < 1.29 is 14.6 Å². The predicted octanol–water partition coefficient (Wildman–Crippen LogP) is 2.81. The Balaban J connectivity index is 1.90. The average Bonchev–Trinajstić information content (AvgIpc) is 2.75. The van der Waals surface area contributed by atoms with E-state index < -0.39 is 6.04 Å². The quantitative estimate of drug-likeness (QED) is 0.810. The SMILES string of the molecule is COc1ccc(NC2C(=O)Nc3ccc(C)cc32)cc1O. The van der Waals surface area contributed by atoms with E-state index in [0.717, 1.165) is 16.8 Å². The molecular weight excluding hydrogens is 268 g/mol. The predicted molar refractivity (Wildman–Crippen MR) is 80.8 cm³/mol. The van der Waals surface area contributed by atoms with Crippen molar-refractivity contribution in [3.8, 4) is 11.5 Å². The Kier molecular flexibility index (Phi) is 3.17. The van der Waals surface area contributed by atoms with Gasteiger partial charge in [0.1, 0.15) is 6.04 Å². The third-order valence-electron chi connectivity index (χ3n) is 3.53. The number of hydrogen-bond acceptors (Lipinski definition) is 4. The maximum atomic E-state index is 12.1. The summed E-state index contributed by atoms with van der Waals surface area (Å²) in [5.74, 6) is 0.323. The summed E-state index contributed by atoms with van der Waals surface area (Å²) in [5, 5.41) is 15.8. The Labute approximate surface area is 122 Å². The van der Waals surface area contributed by atoms with Crippen LogP contribution in [-0.2, 0) is 4.79 Å². The maximum Gasteiger partial charge on any atom is 0.251 e. The summed E-state index contributed by atoms with van der Waals surface area (Å²) in [4.78, 5) is 12.1. The molecule has 0 fully saturated rings. The highest BCUT2D eigenvalue weighted by atomic mass is 16.5. The van der Waals surface area contributed by atoms with Crippen LogP contribution in [0.4, 0.5) is 11.4 Å². The lowest BCUT2D eigenvalue weighted by Gasteiger charge is -2.14. The smallest absolute Gasteiger partial charge is 0.251 e. The number of amides is 1. The molecule has 3 rings (SSSR count). The molecule has 0 saturated heterocycles. The number of fused-ring (bicyclic) bond motifs is 1. The van der Waals surface area contributed by atoms with Gasteiger partial charge < -0.3 is 20.5 Å². The van der Waals surface area contributed by atoms with Gasteiger partial charge in [0.25, 0.3) is 5.91 Å². The molecule has 2 aromatic carbocycles. The highest BCUT2D eigenvalue weighted by Crippen LogP contribution is 2.35. The molecule has 1 heterocycles. The molecule has 21 heavy (non-hydrogen) atoms. The molecule has 0 aliphatic carbocycles. The summed E-state index contributed by atoms with van der Waals surface area (Å²) >= 11 is 0. The van der Waals surface area contributed by atoms with Gasteiger partial charge in [0.15, 0.2) is 11.5 Å². The Morgan fingerprint density at radius 3 is 2.76 bits per heavy atom. The highest BCUT2D eigenvalue weighted by Gasteiger charge is 2.30. The van der Waals surface area contributed by atoms with Crippen LogP contribution in [0.25, 0.3) is 0 Å². The van der Waals surface area contributed by atoms with Gasteiger partial charge in [0.05, 0.1) is 7.11 Å². The zero-order valence-corrected chi connectivity index (χ0v) is 11.8. The number of ether oxygens (including phenoxy) is 1. The molecule has 1 unspecified atom stereocenters. The lowest BCUT2D eigenvalue weighted by molar-refractivity contribution is -0.116. The second kappa shape index (κ2) is 5.01. The largest absolute Gasteiger partial charge is 0.504 e. The summed E-state index contributed by atoms with van der Waals surface area (Å²) < 4.78 is 5.01. The topological polar surface area (TPSA) is 70.6 Å². The summed E-state index contributed by atoms with van der Waals surface area (Å²) in [7, 11) is 1.49. The standard InChI is InChI=1S/C16H16N2O3/c1-9-3-5-12-11(7-9)15(16(20)18-12)17-10-4-6-14(21-2)13(19)8-10/h3-8,15,17,19H,1-2H3,(H,18,20). The number of carbonyl (C=O) groups excluding carboxylic acids is 1. The van der Waals surface area contributed by atoms with Gasteiger partial charge in [0.2, 0.25) is 0 Å². The van der Waals surface area contributed by atoms with Crippen molar-refractivity contribution >= 4 is 17.3 Å². The number of phenolic OH excluding ortho intramolecular Hbond substituents is 1. The molecule has 2 aromatic rings. The molecule has 0 aromatic heterocycles. The van der Waals surface area contributed by atoms with Crippen LogP contribution in [-0.4, -0.2) is 18.1 Å². The number of hydrogen-bond donors (Lipinski definition) is 3. The molecule has 0 radical (unpaired) electrons. The summed E-state index contributed by atoms with van der Waals surface area (Å²) in [6.07, 6.45) is 0. The summed E-state index contributed by atoms with van der Waals surface area (Å²) in [6.45, 7) is 1.99. The maximum absolute atomic E-state index is 12.1. The number of methoxy groups -OCH3 is 1. The van der Waals surface area contributed by atoms with Gasteiger partial charge in [-0.3, -0.25) is 4.79 Å². The van der Waals surface area contributed by atoms with Crippen LogP contribution in [0.5, 0.6) is 11.5 Å². The lowest BCUT2D eigenvalue weighted by Crippen LogP contribution is -2.19. The van der Waals surface area contributed by atoms with Crippen LogP contribution < -0.4 is 15.4 Å². The third kappa shape index (κ3) is 2.38. The first-order chi connectivity index (χ1) is 10.1. The van der Waals surface area contributed by atoms with Crippen molar-refractivity contribution in [2.24, 2.45) is 0 Å². The fraction of sp³-hybridized carbons (Fsp3) is 0.188. The monoisotopic (exact) mass is 284 g/mol. The second-order valence-electron chi connectivity index (χ2n) is 5.04. The van der Waals surface area contributed by atoms with Crippen molar-refractivity contribution in [1.29, 1.82) is 0 Å². The van der Waals surface area contributed by atoms with E-state index in [0.29, 0.717) is 11.4 Å². The van der Waals surface area contributed by atoms with Gasteiger partial charge in [-0.25, -0.2) is 0 Å². The number of aryl methyl sites for hydroxylation is 1. The van der Waals surface area contributed by atoms with Crippen molar-refractivity contribution in [2.75, 3.05) is 17.7 Å². The molecule has 1 aliphatic rings. The molecule has 5 nitrogen and oxygen atoms in total. The van der Waals surface area contributed by atoms with Crippen LogP contribution in [0.3, 0.4) is 0 Å². The fourth-order valence-electron chi connectivity index (χ4n) is 2.47. The Bertz CT molecular complexity index is 713. The first-order valence-electron chi connectivity index (χ1n) is 6.63. The van der Waals surface area contributed by atoms with Gasteiger partial charge in [-0.2, -0.15) is 0 Å². The van der Waals surface area contributed by atoms with E-state index in [1.54, 1.807) is 18.2 Å². The highest BCUT2D eigenvalue weighted by molar-refractivity contribution is 6.04. The zero-order chi connectivity index (χ0) is 15.0. The van der Waals surface area contributed by atoms with Crippen LogP contribution in [0, 0.1) is 6.92 Å². The van der Waals surface area contributed by atoms with E-state index in [1.165, 1.54) is 7.11 Å². The second-order valence-corrected chi connectivity index (χ2v) is 5.04. The van der Waals surface area contributed by atoms with E-state index in [2.05, 4.69) is 10.6 Å². The third-order valence-corrected chi connectivity index (χ3v) is 3.53. The number of aromatic hydroxyl groups is 1. The molecular formula is C16H16N2O3. The van der Waals surface area contributed by atoms with Gasteiger partial charge in [-0.15, -0.1) is 0 Å². The molecule has 0 spiro atoms. The van der Waals surface area contributed by atoms with E-state index in [-0.39, 0.29) is 11.7 Å². The average molecular weight is 284 g/mol. The van der Waals surface area contributed by atoms with Crippen molar-refractivity contribution in [2.45, 2.75) is 13.0 Å². The number of benzene rings is 2. The zero-order valence-electron chi connectivity index (χ0n) is 11.8. The Morgan fingerprint density at radius 2 is 2.05 bits per heavy atom. The summed E-state index contributed by atoms with van der Waals surface area (Å²) in [6, 6.07) is 10.3. The lowest BCUT2D eigenvalue weighted by atomic mass is 10.1. The number of carbonyl (C=O) groups is 1. The summed E-state index contributed by atoms with van der Waals surface area (Å²) in [5.41, 5.74) is 3.48. The molecule has 0 saturated carbocycles. The van der Waals surface area contributed by atoms with Crippen LogP contribution in [0.15, 0.2) is 36.4 Å². The molecule has 0 bridgehead atoms. The minimum absolute atomic E-state index is 0.0328. The minimum Gasteiger partial charge on any atom is -0.504 e. The molecule has 5 heteroatoms. The van der Waals surface area contributed by atoms with E-state index in [4.69, 9.17) is 4.74 Å². The van der Waals surface area contributed by atoms with Gasteiger partial charge >= 0.3 is 0 Å². The molecule has 1 atom stereocenters. The van der Waals surface area contributed by atoms with Crippen molar-refractivity contribution in [3.05, 3.63) is 47.5 Å². The van der Waals surface area contributed by atoms with Crippen LogP contribution in [0.1, 0.15) is 17.2 Å². The Hall–Kier alpha value is -2.69. The van der Waals surface area contributed by atoms with E-state index in [9.17, 15) is 9.90 Å². The molecule has 1 aliphatic heterocycles. The Morgan fingerprint density at radius 1 is 1.24 bits per heavy atom. The first kappa shape index (κ1) is 13.3. The van der Waals surface area contributed by atoms with Gasteiger partial charge in [-0.1, -0.05) is 17.7 Å². The number of phenols is 1. The van der Waals surface area contributed by atoms with Crippen LogP contribution in [0.2, 0.25) is 0 Å².